The molecule has 0 saturated carbocycles. The number of piperidine rings is 1. The average molecular weight is 497 g/mol. The average Bonchev–Trinajstić information content (AvgIpc) is 3.15. The molecule has 1 saturated heterocycles. The lowest BCUT2D eigenvalue weighted by Gasteiger charge is -2.32. The van der Waals surface area contributed by atoms with E-state index in [1.54, 1.807) is 35.4 Å². The van der Waals surface area contributed by atoms with E-state index in [-0.39, 0.29) is 23.5 Å². The van der Waals surface area contributed by atoms with Crippen LogP contribution in [0, 0.1) is 6.92 Å². The van der Waals surface area contributed by atoms with E-state index in [2.05, 4.69) is 4.98 Å². The molecule has 0 amide bonds. The van der Waals surface area contributed by atoms with Gasteiger partial charge in [-0.25, -0.2) is 26.2 Å². The molecule has 9 heteroatoms. The standard InChI is InChI=1S/C26H26F2N4O2S/c1-18-6-8-22(9-7-18)35(33,34)32-16-24(29)23-13-21(14-30-25(23)32)20-5-2-4-19(12-20)15-31-11-3-10-26(27,28)17-31/h2,4-9,12-14,16H,3,10-11,15,17,29H2,1H3. The van der Waals surface area contributed by atoms with Gasteiger partial charge in [0.2, 0.25) is 0 Å². The number of hydrogen-bond acceptors (Lipinski definition) is 5. The van der Waals surface area contributed by atoms with Crippen LogP contribution in [0.2, 0.25) is 0 Å². The van der Waals surface area contributed by atoms with Gasteiger partial charge in [-0.1, -0.05) is 35.9 Å². The van der Waals surface area contributed by atoms with E-state index in [1.165, 1.54) is 6.20 Å². The fraction of sp³-hybridized carbons (Fsp3) is 0.269. The van der Waals surface area contributed by atoms with Crippen LogP contribution in [0.1, 0.15) is 24.0 Å². The third kappa shape index (κ3) is 4.66. The molecule has 0 unspecified atom stereocenters. The fourth-order valence-corrected chi connectivity index (χ4v) is 5.89. The molecule has 0 atom stereocenters. The summed E-state index contributed by atoms with van der Waals surface area (Å²) in [5.41, 5.74) is 10.3. The molecule has 6 nitrogen and oxygen atoms in total. The summed E-state index contributed by atoms with van der Waals surface area (Å²) in [7, 11) is -3.86. The maximum Gasteiger partial charge on any atom is 0.269 e. The van der Waals surface area contributed by atoms with Crippen LogP contribution in [0.25, 0.3) is 22.2 Å². The van der Waals surface area contributed by atoms with Crippen molar-refractivity contribution in [1.29, 1.82) is 0 Å². The Kier molecular flexibility index (Phi) is 5.85. The number of alkyl halides is 2. The Hall–Kier alpha value is -3.30. The van der Waals surface area contributed by atoms with Crippen LogP contribution < -0.4 is 5.73 Å². The Labute approximate surface area is 203 Å². The molecule has 0 radical (unpaired) electrons. The number of rotatable bonds is 5. The number of nitrogen functional groups attached to an aromatic ring is 1. The number of halogens is 2. The fourth-order valence-electron chi connectivity index (χ4n) is 4.56. The first-order valence-electron chi connectivity index (χ1n) is 11.4. The Morgan fingerprint density at radius 3 is 2.60 bits per heavy atom. The molecule has 2 N–H and O–H groups in total. The Morgan fingerprint density at radius 2 is 1.86 bits per heavy atom. The highest BCUT2D eigenvalue weighted by atomic mass is 32.2. The topological polar surface area (TPSA) is 81.2 Å². The van der Waals surface area contributed by atoms with Crippen molar-refractivity contribution in [3.05, 3.63) is 78.1 Å². The molecule has 1 aliphatic rings. The zero-order chi connectivity index (χ0) is 24.8. The summed E-state index contributed by atoms with van der Waals surface area (Å²) in [6, 6.07) is 16.1. The molecule has 35 heavy (non-hydrogen) atoms. The lowest BCUT2D eigenvalue weighted by molar-refractivity contribution is -0.0661. The molecular weight excluding hydrogens is 470 g/mol. The van der Waals surface area contributed by atoms with Crippen molar-refractivity contribution in [2.75, 3.05) is 18.8 Å². The number of aromatic nitrogens is 2. The maximum atomic E-state index is 13.8. The van der Waals surface area contributed by atoms with Gasteiger partial charge >= 0.3 is 0 Å². The summed E-state index contributed by atoms with van der Waals surface area (Å²) < 4.78 is 55.1. The largest absolute Gasteiger partial charge is 0.397 e. The van der Waals surface area contributed by atoms with Crippen molar-refractivity contribution in [3.8, 4) is 11.1 Å². The van der Waals surface area contributed by atoms with E-state index < -0.39 is 15.9 Å². The highest BCUT2D eigenvalue weighted by Crippen LogP contribution is 2.31. The zero-order valence-electron chi connectivity index (χ0n) is 19.3. The van der Waals surface area contributed by atoms with Gasteiger partial charge in [0.15, 0.2) is 5.65 Å². The predicted molar refractivity (Wildman–Crippen MR) is 133 cm³/mol. The lowest BCUT2D eigenvalue weighted by atomic mass is 10.0. The minimum Gasteiger partial charge on any atom is -0.397 e. The normalized spacial score (nSPS) is 16.5. The number of benzene rings is 2. The molecule has 3 heterocycles. The summed E-state index contributed by atoms with van der Waals surface area (Å²) in [5.74, 6) is -2.64. The van der Waals surface area contributed by atoms with Gasteiger partial charge < -0.3 is 5.73 Å². The van der Waals surface area contributed by atoms with Crippen LogP contribution >= 0.6 is 0 Å². The number of fused-ring (bicyclic) bond motifs is 1. The van der Waals surface area contributed by atoms with Crippen molar-refractivity contribution < 1.29 is 17.2 Å². The van der Waals surface area contributed by atoms with Crippen LogP contribution in [0.4, 0.5) is 14.5 Å². The summed E-state index contributed by atoms with van der Waals surface area (Å²) in [6.07, 6.45) is 3.41. The summed E-state index contributed by atoms with van der Waals surface area (Å²) in [6.45, 7) is 2.74. The molecule has 2 aromatic carbocycles. The first kappa shape index (κ1) is 23.4. The second-order valence-electron chi connectivity index (χ2n) is 9.16. The Bertz CT molecular complexity index is 1500. The minimum atomic E-state index is -3.86. The Balaban J connectivity index is 1.47. The maximum absolute atomic E-state index is 13.8. The van der Waals surface area contributed by atoms with Crippen LogP contribution in [0.15, 0.2) is 71.9 Å². The molecule has 182 valence electrons. The SMILES string of the molecule is Cc1ccc(S(=O)(=O)n2cc(N)c3cc(-c4cccc(CN5CCCC(F)(F)C5)c4)cnc32)cc1. The molecule has 1 fully saturated rings. The van der Waals surface area contributed by atoms with Gasteiger partial charge in [-0.15, -0.1) is 0 Å². The number of nitrogens with two attached hydrogens (primary N) is 1. The number of nitrogens with zero attached hydrogens (tertiary/aromatic N) is 3. The van der Waals surface area contributed by atoms with E-state index in [1.807, 2.05) is 37.3 Å². The van der Waals surface area contributed by atoms with Crippen LogP contribution in [-0.4, -0.2) is 41.3 Å². The van der Waals surface area contributed by atoms with Gasteiger partial charge in [0.25, 0.3) is 15.9 Å². The molecule has 5 rings (SSSR count). The number of aryl methyl sites for hydroxylation is 1. The molecular formula is C26H26F2N4O2S. The van der Waals surface area contributed by atoms with Gasteiger partial charge in [0.05, 0.1) is 17.1 Å². The van der Waals surface area contributed by atoms with Crippen molar-refractivity contribution in [1.82, 2.24) is 13.9 Å². The van der Waals surface area contributed by atoms with Gasteiger partial charge in [-0.2, -0.15) is 0 Å². The molecule has 1 aliphatic heterocycles. The second-order valence-corrected chi connectivity index (χ2v) is 11.0. The van der Waals surface area contributed by atoms with E-state index in [4.69, 9.17) is 5.73 Å². The van der Waals surface area contributed by atoms with E-state index in [0.29, 0.717) is 30.6 Å². The van der Waals surface area contributed by atoms with E-state index in [9.17, 15) is 17.2 Å². The smallest absolute Gasteiger partial charge is 0.269 e. The monoisotopic (exact) mass is 496 g/mol. The summed E-state index contributed by atoms with van der Waals surface area (Å²) >= 11 is 0. The van der Waals surface area contributed by atoms with Gasteiger partial charge in [-0.3, -0.25) is 4.90 Å². The Morgan fingerprint density at radius 1 is 1.09 bits per heavy atom. The first-order valence-corrected chi connectivity index (χ1v) is 12.8. The third-order valence-corrected chi connectivity index (χ3v) is 8.02. The van der Waals surface area contributed by atoms with Crippen molar-refractivity contribution in [2.45, 2.75) is 37.1 Å². The highest BCUT2D eigenvalue weighted by Gasteiger charge is 2.34. The molecule has 0 spiro atoms. The number of hydrogen-bond donors (Lipinski definition) is 1. The van der Waals surface area contributed by atoms with E-state index in [0.717, 1.165) is 26.2 Å². The molecule has 0 bridgehead atoms. The molecule has 4 aromatic rings. The molecule has 2 aromatic heterocycles. The minimum absolute atomic E-state index is 0.0596. The number of anilines is 1. The summed E-state index contributed by atoms with van der Waals surface area (Å²) in [5, 5.41) is 0.527. The zero-order valence-corrected chi connectivity index (χ0v) is 20.1. The van der Waals surface area contributed by atoms with Crippen molar-refractivity contribution in [3.63, 3.8) is 0 Å². The quantitative estimate of drug-likeness (QED) is 0.418. The third-order valence-electron chi connectivity index (χ3n) is 6.36. The van der Waals surface area contributed by atoms with E-state index >= 15 is 0 Å². The first-order chi connectivity index (χ1) is 16.6. The predicted octanol–water partition coefficient (Wildman–Crippen LogP) is 5.06. The van der Waals surface area contributed by atoms with Gasteiger partial charge in [0, 0.05) is 36.3 Å². The molecule has 0 aliphatic carbocycles. The van der Waals surface area contributed by atoms with Gasteiger partial charge in [-0.05, 0) is 55.3 Å². The lowest BCUT2D eigenvalue weighted by Crippen LogP contribution is -2.41. The number of likely N-dealkylation sites (tertiary alicyclic amines) is 1. The highest BCUT2D eigenvalue weighted by molar-refractivity contribution is 7.90. The van der Waals surface area contributed by atoms with Gasteiger partial charge in [0.1, 0.15) is 0 Å². The summed E-state index contributed by atoms with van der Waals surface area (Å²) in [4.78, 5) is 6.38. The van der Waals surface area contributed by atoms with Crippen molar-refractivity contribution >= 4 is 26.7 Å². The van der Waals surface area contributed by atoms with Crippen LogP contribution in [0.5, 0.6) is 0 Å². The van der Waals surface area contributed by atoms with Crippen molar-refractivity contribution in [2.24, 2.45) is 0 Å². The number of pyridine rings is 1. The van der Waals surface area contributed by atoms with Crippen LogP contribution in [0.3, 0.4) is 0 Å². The van der Waals surface area contributed by atoms with Crippen LogP contribution in [-0.2, 0) is 16.6 Å². The second kappa shape index (κ2) is 8.73.